The first-order valence-corrected chi connectivity index (χ1v) is 10.6. The molecule has 3 rings (SSSR count). The van der Waals surface area contributed by atoms with E-state index in [0.29, 0.717) is 5.69 Å². The standard InChI is InChI=1S/C22H26N6O6/c23-15(5-6-19(29)30)20(31)27-17(7-12-9-25-16-4-2-1-3-14(12)16)21(32)28-18(22(33)34)8-13-10-24-11-26-13/h1-4,9-11,15,17-18,25H,5-8,23H2,(H,24,26)(H,27,31)(H,28,32)(H,29,30)(H,33,34)/t15-,17-,18-/m0/s1. The Morgan fingerprint density at radius 2 is 1.74 bits per heavy atom. The number of amides is 2. The van der Waals surface area contributed by atoms with Crippen molar-refractivity contribution in [2.45, 2.75) is 43.8 Å². The van der Waals surface area contributed by atoms with Crippen molar-refractivity contribution in [3.8, 4) is 0 Å². The highest BCUT2D eigenvalue weighted by Gasteiger charge is 2.29. The molecule has 0 radical (unpaired) electrons. The number of nitrogens with two attached hydrogens (primary N) is 1. The number of carbonyl (C=O) groups is 4. The lowest BCUT2D eigenvalue weighted by Crippen LogP contribution is -2.55. The van der Waals surface area contributed by atoms with Crippen LogP contribution in [0.5, 0.6) is 0 Å². The van der Waals surface area contributed by atoms with Crippen LogP contribution in [0.4, 0.5) is 0 Å². The number of aliphatic carboxylic acids is 2. The van der Waals surface area contributed by atoms with Crippen LogP contribution in [0.15, 0.2) is 43.0 Å². The van der Waals surface area contributed by atoms with Crippen LogP contribution in [0.2, 0.25) is 0 Å². The van der Waals surface area contributed by atoms with Crippen molar-refractivity contribution in [1.82, 2.24) is 25.6 Å². The molecule has 0 unspecified atom stereocenters. The van der Waals surface area contributed by atoms with Gasteiger partial charge in [-0.3, -0.25) is 14.4 Å². The van der Waals surface area contributed by atoms with Crippen LogP contribution in [0.3, 0.4) is 0 Å². The number of hydrogen-bond donors (Lipinski definition) is 7. The van der Waals surface area contributed by atoms with Gasteiger partial charge in [0.2, 0.25) is 11.8 Å². The van der Waals surface area contributed by atoms with Crippen molar-refractivity contribution in [3.63, 3.8) is 0 Å². The summed E-state index contributed by atoms with van der Waals surface area (Å²) in [7, 11) is 0. The molecule has 180 valence electrons. The predicted molar refractivity (Wildman–Crippen MR) is 121 cm³/mol. The Balaban J connectivity index is 1.79. The van der Waals surface area contributed by atoms with Crippen molar-refractivity contribution in [1.29, 1.82) is 0 Å². The largest absolute Gasteiger partial charge is 0.481 e. The number of carboxylic acid groups (broad SMARTS) is 2. The number of imidazole rings is 1. The van der Waals surface area contributed by atoms with Crippen LogP contribution < -0.4 is 16.4 Å². The summed E-state index contributed by atoms with van der Waals surface area (Å²) in [6.45, 7) is 0. The van der Waals surface area contributed by atoms with E-state index >= 15 is 0 Å². The molecule has 0 aliphatic rings. The highest BCUT2D eigenvalue weighted by Crippen LogP contribution is 2.19. The Morgan fingerprint density at radius 1 is 1.00 bits per heavy atom. The summed E-state index contributed by atoms with van der Waals surface area (Å²) >= 11 is 0. The number of H-pyrrole nitrogens is 2. The van der Waals surface area contributed by atoms with Crippen LogP contribution in [0, 0.1) is 0 Å². The van der Waals surface area contributed by atoms with Gasteiger partial charge in [-0.2, -0.15) is 0 Å². The van der Waals surface area contributed by atoms with E-state index < -0.39 is 41.9 Å². The number of benzene rings is 1. The molecule has 0 bridgehead atoms. The van der Waals surface area contributed by atoms with Gasteiger partial charge in [-0.25, -0.2) is 9.78 Å². The normalized spacial score (nSPS) is 13.7. The van der Waals surface area contributed by atoms with Crippen molar-refractivity contribution in [3.05, 3.63) is 54.2 Å². The molecule has 12 heteroatoms. The first-order valence-electron chi connectivity index (χ1n) is 10.6. The smallest absolute Gasteiger partial charge is 0.326 e. The highest BCUT2D eigenvalue weighted by molar-refractivity contribution is 5.93. The summed E-state index contributed by atoms with van der Waals surface area (Å²) in [5, 5.41) is 24.3. The van der Waals surface area contributed by atoms with Gasteiger partial charge in [-0.05, 0) is 18.1 Å². The number of carbonyl (C=O) groups excluding carboxylic acids is 2. The average Bonchev–Trinajstić information content (AvgIpc) is 3.46. The molecule has 0 fully saturated rings. The topological polar surface area (TPSA) is 203 Å². The predicted octanol–water partition coefficient (Wildman–Crippen LogP) is -0.0775. The third-order valence-electron chi connectivity index (χ3n) is 5.33. The molecule has 0 aliphatic carbocycles. The maximum absolute atomic E-state index is 13.1. The molecule has 2 amide bonds. The molecular formula is C22H26N6O6. The second-order valence-electron chi connectivity index (χ2n) is 7.84. The SMILES string of the molecule is N[C@@H](CCC(=O)O)C(=O)N[C@@H](Cc1c[nH]c2ccccc12)C(=O)N[C@@H](Cc1cnc[nH]1)C(=O)O. The number of rotatable bonds is 12. The van der Waals surface area contributed by atoms with Crippen molar-refractivity contribution < 1.29 is 29.4 Å². The molecule has 12 nitrogen and oxygen atoms in total. The average molecular weight is 470 g/mol. The molecule has 3 aromatic rings. The molecule has 0 aliphatic heterocycles. The number of fused-ring (bicyclic) bond motifs is 1. The lowest BCUT2D eigenvalue weighted by molar-refractivity contribution is -0.142. The van der Waals surface area contributed by atoms with Gasteiger partial charge in [0.05, 0.1) is 12.4 Å². The minimum Gasteiger partial charge on any atom is -0.481 e. The summed E-state index contributed by atoms with van der Waals surface area (Å²) in [6.07, 6.45) is 4.17. The Hall–Kier alpha value is -4.19. The lowest BCUT2D eigenvalue weighted by atomic mass is 10.0. The highest BCUT2D eigenvalue weighted by atomic mass is 16.4. The molecule has 1 aromatic carbocycles. The van der Waals surface area contributed by atoms with Crippen LogP contribution in [0.1, 0.15) is 24.1 Å². The maximum Gasteiger partial charge on any atom is 0.326 e. The molecular weight excluding hydrogens is 444 g/mol. The molecule has 0 saturated heterocycles. The lowest BCUT2D eigenvalue weighted by Gasteiger charge is -2.22. The first-order chi connectivity index (χ1) is 16.2. The van der Waals surface area contributed by atoms with E-state index in [-0.39, 0.29) is 25.7 Å². The van der Waals surface area contributed by atoms with Gasteiger partial charge in [0.15, 0.2) is 0 Å². The molecule has 2 heterocycles. The van der Waals surface area contributed by atoms with Gasteiger partial charge in [-0.1, -0.05) is 18.2 Å². The molecule has 34 heavy (non-hydrogen) atoms. The summed E-state index contributed by atoms with van der Waals surface area (Å²) in [5.41, 5.74) is 7.88. The molecule has 8 N–H and O–H groups in total. The Kier molecular flexibility index (Phi) is 7.98. The summed E-state index contributed by atoms with van der Waals surface area (Å²) in [6, 6.07) is 3.84. The van der Waals surface area contributed by atoms with E-state index in [1.54, 1.807) is 6.20 Å². The van der Waals surface area contributed by atoms with Crippen molar-refractivity contribution in [2.24, 2.45) is 5.73 Å². The van der Waals surface area contributed by atoms with E-state index in [1.807, 2.05) is 24.3 Å². The van der Waals surface area contributed by atoms with Gasteiger partial charge in [0, 0.05) is 48.3 Å². The summed E-state index contributed by atoms with van der Waals surface area (Å²) < 4.78 is 0. The van der Waals surface area contributed by atoms with E-state index in [9.17, 15) is 24.3 Å². The number of aromatic nitrogens is 3. The van der Waals surface area contributed by atoms with Gasteiger partial charge in [-0.15, -0.1) is 0 Å². The van der Waals surface area contributed by atoms with E-state index in [2.05, 4.69) is 25.6 Å². The third kappa shape index (κ3) is 6.42. The van der Waals surface area contributed by atoms with E-state index in [1.165, 1.54) is 12.5 Å². The van der Waals surface area contributed by atoms with Crippen LogP contribution in [-0.4, -0.2) is 67.0 Å². The molecule has 3 atom stereocenters. The van der Waals surface area contributed by atoms with Gasteiger partial charge in [0.25, 0.3) is 0 Å². The Morgan fingerprint density at radius 3 is 2.41 bits per heavy atom. The Bertz CT molecular complexity index is 1160. The molecule has 2 aromatic heterocycles. The fourth-order valence-corrected chi connectivity index (χ4v) is 3.51. The Labute approximate surface area is 193 Å². The second kappa shape index (κ2) is 11.1. The number of carboxylic acids is 2. The van der Waals surface area contributed by atoms with Crippen LogP contribution in [-0.2, 0) is 32.0 Å². The third-order valence-corrected chi connectivity index (χ3v) is 5.33. The maximum atomic E-state index is 13.1. The number of nitrogens with zero attached hydrogens (tertiary/aromatic N) is 1. The first kappa shape index (κ1) is 24.5. The fourth-order valence-electron chi connectivity index (χ4n) is 3.51. The number of aromatic amines is 2. The zero-order valence-electron chi connectivity index (χ0n) is 18.2. The van der Waals surface area contributed by atoms with Gasteiger partial charge >= 0.3 is 11.9 Å². The van der Waals surface area contributed by atoms with Gasteiger partial charge < -0.3 is 36.5 Å². The molecule has 0 spiro atoms. The fraction of sp³-hybridized carbons (Fsp3) is 0.318. The monoisotopic (exact) mass is 470 g/mol. The summed E-state index contributed by atoms with van der Waals surface area (Å²) in [5.74, 6) is -3.77. The van der Waals surface area contributed by atoms with Crippen molar-refractivity contribution in [2.75, 3.05) is 0 Å². The number of para-hydroxylation sites is 1. The number of hydrogen-bond acceptors (Lipinski definition) is 6. The minimum absolute atomic E-state index is 0.0348. The summed E-state index contributed by atoms with van der Waals surface area (Å²) in [4.78, 5) is 58.0. The van der Waals surface area contributed by atoms with Gasteiger partial charge in [0.1, 0.15) is 12.1 Å². The zero-order chi connectivity index (χ0) is 24.7. The quantitative estimate of drug-likeness (QED) is 0.190. The van der Waals surface area contributed by atoms with E-state index in [4.69, 9.17) is 10.8 Å². The minimum atomic E-state index is -1.27. The zero-order valence-corrected chi connectivity index (χ0v) is 18.2. The van der Waals surface area contributed by atoms with E-state index in [0.717, 1.165) is 16.5 Å². The van der Waals surface area contributed by atoms with Crippen LogP contribution in [0.25, 0.3) is 10.9 Å². The van der Waals surface area contributed by atoms with Crippen LogP contribution >= 0.6 is 0 Å². The number of nitrogens with one attached hydrogen (secondary N) is 4. The second-order valence-corrected chi connectivity index (χ2v) is 7.84. The van der Waals surface area contributed by atoms with Crippen molar-refractivity contribution >= 4 is 34.7 Å². The molecule has 0 saturated carbocycles.